The molecule has 0 heterocycles. The number of carbonyl (C=O) groups excluding carboxylic acids is 1. The van der Waals surface area contributed by atoms with Crippen LogP contribution in [-0.2, 0) is 4.79 Å². The maximum atomic E-state index is 11.7. The van der Waals surface area contributed by atoms with Gasteiger partial charge in [0, 0.05) is 17.9 Å². The van der Waals surface area contributed by atoms with Gasteiger partial charge in [-0.05, 0) is 24.1 Å². The van der Waals surface area contributed by atoms with Crippen molar-refractivity contribution in [3.05, 3.63) is 34.9 Å². The number of alkyl halides is 1. The molecule has 1 atom stereocenters. The Morgan fingerprint density at radius 2 is 2.06 bits per heavy atom. The first-order valence-electron chi connectivity index (χ1n) is 5.08. The van der Waals surface area contributed by atoms with Crippen molar-refractivity contribution < 1.29 is 19.8 Å². The highest BCUT2D eigenvalue weighted by Gasteiger charge is 2.18. The van der Waals surface area contributed by atoms with E-state index < -0.39 is 12.1 Å². The van der Waals surface area contributed by atoms with Gasteiger partial charge < -0.3 is 10.2 Å². The summed E-state index contributed by atoms with van der Waals surface area (Å²) < 4.78 is 0. The smallest absolute Gasteiger partial charge is 0.337 e. The van der Waals surface area contributed by atoms with Gasteiger partial charge in [-0.15, -0.1) is 11.6 Å². The van der Waals surface area contributed by atoms with Crippen LogP contribution in [0.4, 0.5) is 0 Å². The molecular weight excluding hydrogens is 244 g/mol. The average Bonchev–Trinajstić information content (AvgIpc) is 2.28. The maximum Gasteiger partial charge on any atom is 0.337 e. The molecule has 0 aromatic heterocycles. The number of halogens is 1. The summed E-state index contributed by atoms with van der Waals surface area (Å²) in [6.45, 7) is 1.75. The second kappa shape index (κ2) is 5.80. The predicted octanol–water partition coefficient (Wildman–Crippen LogP) is 1.92. The van der Waals surface area contributed by atoms with E-state index in [0.717, 1.165) is 5.56 Å². The molecule has 1 unspecified atom stereocenters. The van der Waals surface area contributed by atoms with E-state index in [1.165, 1.54) is 12.1 Å². The number of carbonyl (C=O) groups is 2. The van der Waals surface area contributed by atoms with Crippen molar-refractivity contribution in [1.29, 1.82) is 0 Å². The molecule has 92 valence electrons. The molecule has 17 heavy (non-hydrogen) atoms. The number of aliphatic carboxylic acids is 1. The van der Waals surface area contributed by atoms with E-state index in [1.807, 2.05) is 0 Å². The lowest BCUT2D eigenvalue weighted by molar-refractivity contribution is -0.146. The maximum absolute atomic E-state index is 11.7. The predicted molar refractivity (Wildman–Crippen MR) is 63.4 cm³/mol. The number of aliphatic hydroxyl groups is 1. The van der Waals surface area contributed by atoms with Gasteiger partial charge in [0.25, 0.3) is 0 Å². The summed E-state index contributed by atoms with van der Waals surface area (Å²) in [7, 11) is 0. The zero-order chi connectivity index (χ0) is 13.0. The van der Waals surface area contributed by atoms with E-state index >= 15 is 0 Å². The number of ketones is 1. The van der Waals surface area contributed by atoms with Crippen LogP contribution in [0.5, 0.6) is 0 Å². The fourth-order valence-corrected chi connectivity index (χ4v) is 1.64. The van der Waals surface area contributed by atoms with Gasteiger partial charge in [0.05, 0.1) is 0 Å². The van der Waals surface area contributed by atoms with E-state index in [2.05, 4.69) is 0 Å². The molecule has 0 spiro atoms. The van der Waals surface area contributed by atoms with Crippen LogP contribution in [-0.4, -0.2) is 27.8 Å². The SMILES string of the molecule is Cc1ccc(C(O)C(=O)O)cc1C(=O)CCCl. The van der Waals surface area contributed by atoms with Crippen molar-refractivity contribution in [2.24, 2.45) is 0 Å². The molecule has 5 heteroatoms. The largest absolute Gasteiger partial charge is 0.479 e. The molecule has 2 N–H and O–H groups in total. The van der Waals surface area contributed by atoms with Crippen LogP contribution in [0, 0.1) is 6.92 Å². The Labute approximate surface area is 104 Å². The lowest BCUT2D eigenvalue weighted by atomic mass is 9.98. The second-order valence-corrected chi connectivity index (χ2v) is 4.06. The first-order valence-corrected chi connectivity index (χ1v) is 5.61. The highest BCUT2D eigenvalue weighted by atomic mass is 35.5. The van der Waals surface area contributed by atoms with Crippen molar-refractivity contribution >= 4 is 23.4 Å². The van der Waals surface area contributed by atoms with Crippen molar-refractivity contribution in [3.63, 3.8) is 0 Å². The molecular formula is C12H13ClO4. The van der Waals surface area contributed by atoms with Gasteiger partial charge in [-0.1, -0.05) is 12.1 Å². The minimum absolute atomic E-state index is 0.156. The standard InChI is InChI=1S/C12H13ClO4/c1-7-2-3-8(11(15)12(16)17)6-9(7)10(14)4-5-13/h2-3,6,11,15H,4-5H2,1H3,(H,16,17). The Bertz CT molecular complexity index is 442. The molecule has 1 rings (SSSR count). The number of hydrogen-bond donors (Lipinski definition) is 2. The summed E-state index contributed by atoms with van der Waals surface area (Å²) in [6, 6.07) is 4.51. The van der Waals surface area contributed by atoms with Gasteiger partial charge in [0.1, 0.15) is 0 Å². The van der Waals surface area contributed by atoms with Crippen molar-refractivity contribution in [2.45, 2.75) is 19.4 Å². The Kier molecular flexibility index (Phi) is 4.66. The van der Waals surface area contributed by atoms with Crippen LogP contribution < -0.4 is 0 Å². The molecule has 0 radical (unpaired) electrons. The molecule has 0 saturated heterocycles. The third-order valence-corrected chi connectivity index (χ3v) is 2.62. The zero-order valence-electron chi connectivity index (χ0n) is 9.31. The molecule has 1 aromatic rings. The topological polar surface area (TPSA) is 74.6 Å². The summed E-state index contributed by atoms with van der Waals surface area (Å²) in [5.74, 6) is -1.29. The molecule has 0 fully saturated rings. The van der Waals surface area contributed by atoms with E-state index in [4.69, 9.17) is 16.7 Å². The summed E-state index contributed by atoms with van der Waals surface area (Å²) in [4.78, 5) is 22.3. The summed E-state index contributed by atoms with van der Waals surface area (Å²) in [5.41, 5.74) is 1.34. The first-order chi connectivity index (χ1) is 7.97. The molecule has 0 aliphatic rings. The Balaban J connectivity index is 3.10. The fraction of sp³-hybridized carbons (Fsp3) is 0.333. The van der Waals surface area contributed by atoms with Crippen molar-refractivity contribution in [3.8, 4) is 0 Å². The molecule has 0 aliphatic carbocycles. The number of carboxylic acid groups (broad SMARTS) is 1. The monoisotopic (exact) mass is 256 g/mol. The van der Waals surface area contributed by atoms with Crippen molar-refractivity contribution in [1.82, 2.24) is 0 Å². The third kappa shape index (κ3) is 3.28. The highest BCUT2D eigenvalue weighted by molar-refractivity contribution is 6.19. The summed E-state index contributed by atoms with van der Waals surface area (Å²) >= 11 is 5.49. The Morgan fingerprint density at radius 3 is 2.59 bits per heavy atom. The number of aliphatic hydroxyl groups excluding tert-OH is 1. The molecule has 4 nitrogen and oxygen atoms in total. The first kappa shape index (κ1) is 13.7. The zero-order valence-corrected chi connectivity index (χ0v) is 10.1. The minimum atomic E-state index is -1.61. The molecule has 0 aliphatic heterocycles. The minimum Gasteiger partial charge on any atom is -0.479 e. The Hall–Kier alpha value is -1.39. The number of Topliss-reactive ketones (excluding diaryl/α,β-unsaturated/α-hetero) is 1. The fourth-order valence-electron chi connectivity index (χ4n) is 1.47. The normalized spacial score (nSPS) is 12.2. The number of aryl methyl sites for hydroxylation is 1. The number of benzene rings is 1. The molecule has 0 amide bonds. The number of rotatable bonds is 5. The number of hydrogen-bond acceptors (Lipinski definition) is 3. The second-order valence-electron chi connectivity index (χ2n) is 3.68. The van der Waals surface area contributed by atoms with E-state index in [9.17, 15) is 14.7 Å². The molecule has 1 aromatic carbocycles. The third-order valence-electron chi connectivity index (χ3n) is 2.43. The quantitative estimate of drug-likeness (QED) is 0.624. The van der Waals surface area contributed by atoms with Crippen LogP contribution in [0.2, 0.25) is 0 Å². The lowest BCUT2D eigenvalue weighted by Gasteiger charge is -2.10. The van der Waals surface area contributed by atoms with E-state index in [0.29, 0.717) is 5.56 Å². The van der Waals surface area contributed by atoms with Gasteiger partial charge in [-0.2, -0.15) is 0 Å². The highest BCUT2D eigenvalue weighted by Crippen LogP contribution is 2.19. The van der Waals surface area contributed by atoms with E-state index in [1.54, 1.807) is 13.0 Å². The van der Waals surface area contributed by atoms with Gasteiger partial charge in [0.15, 0.2) is 11.9 Å². The van der Waals surface area contributed by atoms with Crippen LogP contribution in [0.1, 0.15) is 34.0 Å². The van der Waals surface area contributed by atoms with Gasteiger partial charge in [-0.25, -0.2) is 4.79 Å². The summed E-state index contributed by atoms with van der Waals surface area (Å²) in [5, 5.41) is 18.1. The van der Waals surface area contributed by atoms with Gasteiger partial charge in [0.2, 0.25) is 0 Å². The number of carboxylic acids is 1. The average molecular weight is 257 g/mol. The molecule has 0 bridgehead atoms. The van der Waals surface area contributed by atoms with Gasteiger partial charge >= 0.3 is 5.97 Å². The van der Waals surface area contributed by atoms with Crippen LogP contribution in [0.15, 0.2) is 18.2 Å². The Morgan fingerprint density at radius 1 is 1.41 bits per heavy atom. The summed E-state index contributed by atoms with van der Waals surface area (Å²) in [6.07, 6.45) is -1.42. The van der Waals surface area contributed by atoms with Crippen molar-refractivity contribution in [2.75, 3.05) is 5.88 Å². The van der Waals surface area contributed by atoms with Crippen LogP contribution >= 0.6 is 11.6 Å². The van der Waals surface area contributed by atoms with Crippen LogP contribution in [0.3, 0.4) is 0 Å². The van der Waals surface area contributed by atoms with Crippen LogP contribution in [0.25, 0.3) is 0 Å². The molecule has 0 saturated carbocycles. The lowest BCUT2D eigenvalue weighted by Crippen LogP contribution is -2.12. The van der Waals surface area contributed by atoms with Gasteiger partial charge in [-0.3, -0.25) is 4.79 Å². The van der Waals surface area contributed by atoms with E-state index in [-0.39, 0.29) is 23.6 Å².